The Morgan fingerprint density at radius 1 is 1.40 bits per heavy atom. The van der Waals surface area contributed by atoms with Gasteiger partial charge in [0.15, 0.2) is 0 Å². The molecule has 0 spiro atoms. The van der Waals surface area contributed by atoms with E-state index in [2.05, 4.69) is 27.4 Å². The molecule has 1 atom stereocenters. The fraction of sp³-hybridized carbons (Fsp3) is 0.316. The van der Waals surface area contributed by atoms with Gasteiger partial charge in [0, 0.05) is 37.0 Å². The maximum Gasteiger partial charge on any atom is 0.220 e. The van der Waals surface area contributed by atoms with Gasteiger partial charge in [0.05, 0.1) is 36.6 Å². The van der Waals surface area contributed by atoms with Crippen molar-refractivity contribution in [3.63, 3.8) is 0 Å². The zero-order chi connectivity index (χ0) is 17.4. The number of aromatic nitrogens is 3. The van der Waals surface area contributed by atoms with Crippen molar-refractivity contribution in [2.45, 2.75) is 26.0 Å². The second-order valence-electron chi connectivity index (χ2n) is 6.30. The predicted molar refractivity (Wildman–Crippen MR) is 94.8 cm³/mol. The first kappa shape index (κ1) is 15.8. The van der Waals surface area contributed by atoms with E-state index in [1.807, 2.05) is 43.3 Å². The average molecular weight is 336 g/mol. The van der Waals surface area contributed by atoms with E-state index in [9.17, 15) is 4.79 Å². The van der Waals surface area contributed by atoms with Crippen molar-refractivity contribution in [1.82, 2.24) is 19.9 Å². The number of rotatable bonds is 3. The van der Waals surface area contributed by atoms with Gasteiger partial charge >= 0.3 is 0 Å². The normalized spacial score (nSPS) is 16.6. The van der Waals surface area contributed by atoms with Crippen molar-refractivity contribution in [2.75, 3.05) is 6.61 Å². The van der Waals surface area contributed by atoms with Gasteiger partial charge in [-0.15, -0.1) is 0 Å². The monoisotopic (exact) mass is 336 g/mol. The van der Waals surface area contributed by atoms with Crippen LogP contribution in [0.4, 0.5) is 0 Å². The Morgan fingerprint density at radius 2 is 2.28 bits per heavy atom. The number of ether oxygens (including phenoxy) is 1. The molecule has 4 rings (SSSR count). The number of hydrogen-bond donors (Lipinski definition) is 1. The van der Waals surface area contributed by atoms with Gasteiger partial charge in [-0.3, -0.25) is 9.78 Å². The number of aryl methyl sites for hydroxylation is 1. The molecule has 25 heavy (non-hydrogen) atoms. The summed E-state index contributed by atoms with van der Waals surface area (Å²) >= 11 is 0. The SMILES string of the molecule is CCC(=O)NC1COCc2c(-c3ccc4ncn(C)c4c3)cncc21. The Balaban J connectivity index is 1.79. The van der Waals surface area contributed by atoms with Crippen molar-refractivity contribution in [3.05, 3.63) is 48.0 Å². The number of nitrogens with zero attached hydrogens (tertiary/aromatic N) is 3. The summed E-state index contributed by atoms with van der Waals surface area (Å²) in [6, 6.07) is 6.04. The lowest BCUT2D eigenvalue weighted by Gasteiger charge is -2.27. The molecule has 0 saturated heterocycles. The summed E-state index contributed by atoms with van der Waals surface area (Å²) in [5.74, 6) is 0.0168. The van der Waals surface area contributed by atoms with Crippen LogP contribution < -0.4 is 5.32 Å². The standard InChI is InChI=1S/C19H20N4O2/c1-3-19(24)22-17-10-25-9-15-13(7-20-8-14(15)17)12-4-5-16-18(6-12)23(2)11-21-16/h4-8,11,17H,3,9-10H2,1-2H3,(H,22,24). The molecule has 0 bridgehead atoms. The van der Waals surface area contributed by atoms with Crippen molar-refractivity contribution in [2.24, 2.45) is 7.05 Å². The molecule has 1 aliphatic heterocycles. The van der Waals surface area contributed by atoms with Crippen LogP contribution in [0.3, 0.4) is 0 Å². The highest BCUT2D eigenvalue weighted by Gasteiger charge is 2.25. The summed E-state index contributed by atoms with van der Waals surface area (Å²) in [4.78, 5) is 20.6. The number of pyridine rings is 1. The molecule has 1 unspecified atom stereocenters. The molecule has 2 aromatic heterocycles. The Bertz CT molecular complexity index is 948. The Labute approximate surface area is 145 Å². The van der Waals surface area contributed by atoms with Gasteiger partial charge in [-0.1, -0.05) is 13.0 Å². The molecule has 0 radical (unpaired) electrons. The van der Waals surface area contributed by atoms with E-state index in [4.69, 9.17) is 4.74 Å². The second kappa shape index (κ2) is 6.29. The van der Waals surface area contributed by atoms with Crippen LogP contribution in [-0.4, -0.2) is 27.0 Å². The number of carbonyl (C=O) groups excluding carboxylic acids is 1. The van der Waals surface area contributed by atoms with Crippen molar-refractivity contribution >= 4 is 16.9 Å². The van der Waals surface area contributed by atoms with Crippen molar-refractivity contribution in [1.29, 1.82) is 0 Å². The molecule has 1 N–H and O–H groups in total. The third-order valence-electron chi connectivity index (χ3n) is 4.69. The second-order valence-corrected chi connectivity index (χ2v) is 6.30. The van der Waals surface area contributed by atoms with E-state index in [-0.39, 0.29) is 11.9 Å². The smallest absolute Gasteiger partial charge is 0.220 e. The molecular formula is C19H20N4O2. The topological polar surface area (TPSA) is 69.0 Å². The highest BCUT2D eigenvalue weighted by molar-refractivity contribution is 5.83. The molecule has 6 heteroatoms. The highest BCUT2D eigenvalue weighted by atomic mass is 16.5. The summed E-state index contributed by atoms with van der Waals surface area (Å²) < 4.78 is 7.75. The molecular weight excluding hydrogens is 316 g/mol. The van der Waals surface area contributed by atoms with Crippen LogP contribution in [0.1, 0.15) is 30.5 Å². The van der Waals surface area contributed by atoms with Crippen molar-refractivity contribution in [3.8, 4) is 11.1 Å². The zero-order valence-corrected chi connectivity index (χ0v) is 14.3. The Kier molecular flexibility index (Phi) is 3.97. The number of hydrogen-bond acceptors (Lipinski definition) is 4. The maximum atomic E-state index is 11.8. The molecule has 0 saturated carbocycles. The third kappa shape index (κ3) is 2.78. The first-order valence-electron chi connectivity index (χ1n) is 8.42. The fourth-order valence-corrected chi connectivity index (χ4v) is 3.29. The van der Waals surface area contributed by atoms with Crippen molar-refractivity contribution < 1.29 is 9.53 Å². The number of fused-ring (bicyclic) bond motifs is 2. The van der Waals surface area contributed by atoms with Crippen LogP contribution >= 0.6 is 0 Å². The van der Waals surface area contributed by atoms with Gasteiger partial charge in [0.2, 0.25) is 5.91 Å². The van der Waals surface area contributed by atoms with Crippen LogP contribution in [0.2, 0.25) is 0 Å². The third-order valence-corrected chi connectivity index (χ3v) is 4.69. The van der Waals surface area contributed by atoms with Crippen LogP contribution in [-0.2, 0) is 23.2 Å². The van der Waals surface area contributed by atoms with Gasteiger partial charge in [-0.05, 0) is 23.3 Å². The first-order valence-corrected chi connectivity index (χ1v) is 8.42. The number of nitrogens with one attached hydrogen (secondary N) is 1. The molecule has 3 aromatic rings. The Hall–Kier alpha value is -2.73. The van der Waals surface area contributed by atoms with E-state index in [0.717, 1.165) is 33.3 Å². The maximum absolute atomic E-state index is 11.8. The Morgan fingerprint density at radius 3 is 3.12 bits per heavy atom. The minimum atomic E-state index is -0.149. The van der Waals surface area contributed by atoms with Gasteiger partial charge in [0.25, 0.3) is 0 Å². The minimum Gasteiger partial charge on any atom is -0.374 e. The lowest BCUT2D eigenvalue weighted by atomic mass is 9.93. The lowest BCUT2D eigenvalue weighted by molar-refractivity contribution is -0.122. The van der Waals surface area contributed by atoms with Gasteiger partial charge in [0.1, 0.15) is 0 Å². The molecule has 0 aliphatic carbocycles. The number of carbonyl (C=O) groups is 1. The average Bonchev–Trinajstić information content (AvgIpc) is 3.02. The van der Waals surface area contributed by atoms with Crippen LogP contribution in [0.25, 0.3) is 22.2 Å². The van der Waals surface area contributed by atoms with E-state index in [1.54, 1.807) is 0 Å². The quantitative estimate of drug-likeness (QED) is 0.798. The summed E-state index contributed by atoms with van der Waals surface area (Å²) in [7, 11) is 1.98. The molecule has 6 nitrogen and oxygen atoms in total. The lowest BCUT2D eigenvalue weighted by Crippen LogP contribution is -2.34. The summed E-state index contributed by atoms with van der Waals surface area (Å²) in [5, 5.41) is 3.02. The fourth-order valence-electron chi connectivity index (χ4n) is 3.29. The zero-order valence-electron chi connectivity index (χ0n) is 14.3. The van der Waals surface area contributed by atoms with Crippen LogP contribution in [0.15, 0.2) is 36.9 Å². The van der Waals surface area contributed by atoms with Gasteiger partial charge < -0.3 is 14.6 Å². The number of amides is 1. The number of imidazole rings is 1. The predicted octanol–water partition coefficient (Wildman–Crippen LogP) is 2.73. The van der Waals surface area contributed by atoms with Gasteiger partial charge in [-0.25, -0.2) is 4.98 Å². The summed E-state index contributed by atoms with van der Waals surface area (Å²) in [5.41, 5.74) is 6.28. The van der Waals surface area contributed by atoms with E-state index < -0.39 is 0 Å². The highest BCUT2D eigenvalue weighted by Crippen LogP contribution is 2.33. The molecule has 1 amide bonds. The molecule has 1 aromatic carbocycles. The molecule has 3 heterocycles. The van der Waals surface area contributed by atoms with E-state index >= 15 is 0 Å². The first-order chi connectivity index (χ1) is 12.2. The largest absolute Gasteiger partial charge is 0.374 e. The summed E-state index contributed by atoms with van der Waals surface area (Å²) in [6.45, 7) is 2.84. The van der Waals surface area contributed by atoms with Crippen LogP contribution in [0.5, 0.6) is 0 Å². The van der Waals surface area contributed by atoms with Gasteiger partial charge in [-0.2, -0.15) is 0 Å². The molecule has 1 aliphatic rings. The molecule has 0 fully saturated rings. The molecule has 128 valence electrons. The van der Waals surface area contributed by atoms with E-state index in [0.29, 0.717) is 19.6 Å². The summed E-state index contributed by atoms with van der Waals surface area (Å²) in [6.07, 6.45) is 5.97. The minimum absolute atomic E-state index is 0.0168. The van der Waals surface area contributed by atoms with E-state index in [1.165, 1.54) is 0 Å². The van der Waals surface area contributed by atoms with Crippen LogP contribution in [0, 0.1) is 0 Å². The number of benzene rings is 1.